The van der Waals surface area contributed by atoms with E-state index in [-0.39, 0.29) is 15.5 Å². The number of anilines is 2. The lowest BCUT2D eigenvalue weighted by atomic mass is 10.1. The van der Waals surface area contributed by atoms with Crippen molar-refractivity contribution in [3.05, 3.63) is 54.6 Å². The molecule has 5 nitrogen and oxygen atoms in total. The molecule has 0 radical (unpaired) electrons. The molecule has 3 aromatic carbocycles. The third kappa shape index (κ3) is 3.08. The van der Waals surface area contributed by atoms with Crippen molar-refractivity contribution in [2.45, 2.75) is 9.79 Å². The predicted molar refractivity (Wildman–Crippen MR) is 109 cm³/mol. The van der Waals surface area contributed by atoms with Crippen molar-refractivity contribution >= 4 is 55.1 Å². The number of benzene rings is 3. The molecule has 0 atom stereocenters. The molecule has 132 valence electrons. The van der Waals surface area contributed by atoms with Crippen LogP contribution in [0.1, 0.15) is 0 Å². The molecular weight excluding hydrogens is 366 g/mol. The molecule has 0 saturated carbocycles. The SMILES string of the molecule is CN(C)c1cccc2c(S(=O)(=O)c3ccc(N=C=S)c(N)c3)cccc12. The number of hydrogen-bond donors (Lipinski definition) is 1. The van der Waals surface area contributed by atoms with E-state index in [0.29, 0.717) is 11.1 Å². The van der Waals surface area contributed by atoms with Gasteiger partial charge in [-0.3, -0.25) is 0 Å². The molecule has 3 rings (SSSR count). The average molecular weight is 383 g/mol. The molecule has 7 heteroatoms. The standard InChI is InChI=1S/C19H17N3O2S2/c1-22(2)18-7-3-6-15-14(18)5-4-8-19(15)26(23,24)13-9-10-17(21-12-25)16(20)11-13/h3-11H,20H2,1-2H3. The van der Waals surface area contributed by atoms with Crippen molar-refractivity contribution < 1.29 is 8.42 Å². The Labute approximate surface area is 157 Å². The normalized spacial score (nSPS) is 11.2. The molecule has 0 aliphatic rings. The Balaban J connectivity index is 2.24. The van der Waals surface area contributed by atoms with Gasteiger partial charge in [0.25, 0.3) is 0 Å². The average Bonchev–Trinajstić information content (AvgIpc) is 2.62. The summed E-state index contributed by atoms with van der Waals surface area (Å²) in [6, 6.07) is 15.3. The Kier molecular flexibility index (Phi) is 4.78. The minimum absolute atomic E-state index is 0.112. The highest BCUT2D eigenvalue weighted by Gasteiger charge is 2.22. The second kappa shape index (κ2) is 6.88. The van der Waals surface area contributed by atoms with Crippen molar-refractivity contribution in [1.82, 2.24) is 0 Å². The largest absolute Gasteiger partial charge is 0.397 e. The van der Waals surface area contributed by atoms with Crippen LogP contribution in [0.5, 0.6) is 0 Å². The molecule has 0 saturated heterocycles. The molecule has 3 aromatic rings. The van der Waals surface area contributed by atoms with Crippen LogP contribution in [0.4, 0.5) is 17.1 Å². The fourth-order valence-electron chi connectivity index (χ4n) is 2.87. The van der Waals surface area contributed by atoms with E-state index < -0.39 is 9.84 Å². The lowest BCUT2D eigenvalue weighted by Gasteiger charge is -2.17. The smallest absolute Gasteiger partial charge is 0.207 e. The maximum Gasteiger partial charge on any atom is 0.207 e. The lowest BCUT2D eigenvalue weighted by molar-refractivity contribution is 0.597. The van der Waals surface area contributed by atoms with Gasteiger partial charge in [0, 0.05) is 30.6 Å². The fraction of sp³-hybridized carbons (Fsp3) is 0.105. The van der Waals surface area contributed by atoms with Gasteiger partial charge < -0.3 is 10.6 Å². The third-order valence-electron chi connectivity index (χ3n) is 4.11. The fourth-order valence-corrected chi connectivity index (χ4v) is 4.47. The maximum atomic E-state index is 13.2. The van der Waals surface area contributed by atoms with E-state index in [9.17, 15) is 8.42 Å². The number of hydrogen-bond acceptors (Lipinski definition) is 6. The van der Waals surface area contributed by atoms with Crippen molar-refractivity contribution in [2.24, 2.45) is 4.99 Å². The van der Waals surface area contributed by atoms with E-state index in [0.717, 1.165) is 11.1 Å². The molecule has 26 heavy (non-hydrogen) atoms. The predicted octanol–water partition coefficient (Wildman–Crippen LogP) is 4.06. The molecule has 0 spiro atoms. The first-order valence-electron chi connectivity index (χ1n) is 7.78. The van der Waals surface area contributed by atoms with Crippen LogP contribution in [-0.4, -0.2) is 27.7 Å². The van der Waals surface area contributed by atoms with Crippen molar-refractivity contribution in [3.63, 3.8) is 0 Å². The number of thiocarbonyl (C=S) groups is 1. The Bertz CT molecular complexity index is 1150. The van der Waals surface area contributed by atoms with E-state index in [1.165, 1.54) is 18.2 Å². The highest BCUT2D eigenvalue weighted by molar-refractivity contribution is 7.91. The van der Waals surface area contributed by atoms with Gasteiger partial charge >= 0.3 is 0 Å². The van der Waals surface area contributed by atoms with Crippen molar-refractivity contribution in [2.75, 3.05) is 24.7 Å². The topological polar surface area (TPSA) is 75.8 Å². The third-order valence-corrected chi connectivity index (χ3v) is 6.01. The zero-order valence-electron chi connectivity index (χ0n) is 14.3. The molecule has 2 N–H and O–H groups in total. The Morgan fingerprint density at radius 2 is 1.73 bits per heavy atom. The molecule has 0 bridgehead atoms. The Morgan fingerprint density at radius 1 is 1.04 bits per heavy atom. The summed E-state index contributed by atoms with van der Waals surface area (Å²) in [6.45, 7) is 0. The van der Waals surface area contributed by atoms with Gasteiger partial charge in [-0.05, 0) is 42.5 Å². The molecule has 0 unspecified atom stereocenters. The summed E-state index contributed by atoms with van der Waals surface area (Å²) in [6.07, 6.45) is 0. The first-order valence-corrected chi connectivity index (χ1v) is 9.67. The van der Waals surface area contributed by atoms with Crippen LogP contribution >= 0.6 is 12.2 Å². The highest BCUT2D eigenvalue weighted by atomic mass is 32.2. The van der Waals surface area contributed by atoms with E-state index >= 15 is 0 Å². The summed E-state index contributed by atoms with van der Waals surface area (Å²) >= 11 is 4.57. The number of sulfone groups is 1. The minimum Gasteiger partial charge on any atom is -0.397 e. The van der Waals surface area contributed by atoms with Gasteiger partial charge in [0.05, 0.1) is 26.3 Å². The molecule has 0 amide bonds. The second-order valence-corrected chi connectivity index (χ2v) is 8.05. The van der Waals surface area contributed by atoms with Crippen LogP contribution in [0, 0.1) is 0 Å². The Hall–Kier alpha value is -2.73. The van der Waals surface area contributed by atoms with Gasteiger partial charge in [0.2, 0.25) is 9.84 Å². The van der Waals surface area contributed by atoms with Crippen LogP contribution in [-0.2, 0) is 9.84 Å². The van der Waals surface area contributed by atoms with Crippen LogP contribution in [0.2, 0.25) is 0 Å². The van der Waals surface area contributed by atoms with E-state index in [1.807, 2.05) is 43.3 Å². The first-order chi connectivity index (χ1) is 12.4. The first kappa shape index (κ1) is 18.1. The quantitative estimate of drug-likeness (QED) is 0.418. The summed E-state index contributed by atoms with van der Waals surface area (Å²) < 4.78 is 26.4. The molecule has 0 aliphatic heterocycles. The summed E-state index contributed by atoms with van der Waals surface area (Å²) in [5, 5.41) is 3.76. The number of isothiocyanates is 1. The number of nitrogens with two attached hydrogens (primary N) is 1. The van der Waals surface area contributed by atoms with Crippen LogP contribution in [0.25, 0.3) is 10.8 Å². The van der Waals surface area contributed by atoms with Crippen LogP contribution < -0.4 is 10.6 Å². The number of fused-ring (bicyclic) bond motifs is 1. The molecule has 0 heterocycles. The van der Waals surface area contributed by atoms with Gasteiger partial charge in [0.15, 0.2) is 0 Å². The van der Waals surface area contributed by atoms with Gasteiger partial charge in [-0.1, -0.05) is 24.3 Å². The maximum absolute atomic E-state index is 13.2. The lowest BCUT2D eigenvalue weighted by Crippen LogP contribution is -2.09. The van der Waals surface area contributed by atoms with Crippen molar-refractivity contribution in [1.29, 1.82) is 0 Å². The van der Waals surface area contributed by atoms with Gasteiger partial charge in [-0.15, -0.1) is 0 Å². The zero-order valence-corrected chi connectivity index (χ0v) is 15.9. The molecule has 0 aromatic heterocycles. The van der Waals surface area contributed by atoms with Gasteiger partial charge in [-0.25, -0.2) is 8.42 Å². The summed E-state index contributed by atoms with van der Waals surface area (Å²) in [4.78, 5) is 6.13. The highest BCUT2D eigenvalue weighted by Crippen LogP contribution is 2.34. The number of nitrogens with zero attached hydrogens (tertiary/aromatic N) is 2. The minimum atomic E-state index is -3.75. The van der Waals surface area contributed by atoms with Gasteiger partial charge in [-0.2, -0.15) is 4.99 Å². The molecule has 0 fully saturated rings. The molecule has 0 aliphatic carbocycles. The van der Waals surface area contributed by atoms with E-state index in [4.69, 9.17) is 5.73 Å². The zero-order chi connectivity index (χ0) is 18.9. The van der Waals surface area contributed by atoms with E-state index in [1.54, 1.807) is 12.1 Å². The van der Waals surface area contributed by atoms with Crippen LogP contribution in [0.3, 0.4) is 0 Å². The Morgan fingerprint density at radius 3 is 2.38 bits per heavy atom. The second-order valence-electron chi connectivity index (χ2n) is 5.95. The number of aliphatic imine (C=N–C) groups is 1. The van der Waals surface area contributed by atoms with Crippen molar-refractivity contribution in [3.8, 4) is 0 Å². The van der Waals surface area contributed by atoms with Crippen LogP contribution in [0.15, 0.2) is 69.4 Å². The molecular formula is C19H17N3O2S2. The number of nitrogen functional groups attached to an aromatic ring is 1. The monoisotopic (exact) mass is 383 g/mol. The number of rotatable bonds is 4. The van der Waals surface area contributed by atoms with Gasteiger partial charge in [0.1, 0.15) is 0 Å². The summed E-state index contributed by atoms with van der Waals surface area (Å²) in [5.41, 5.74) is 7.49. The van der Waals surface area contributed by atoms with E-state index in [2.05, 4.69) is 22.4 Å². The summed E-state index contributed by atoms with van der Waals surface area (Å²) in [5.74, 6) is 0. The summed E-state index contributed by atoms with van der Waals surface area (Å²) in [7, 11) is 0.0965.